The van der Waals surface area contributed by atoms with Gasteiger partial charge in [0.1, 0.15) is 0 Å². The van der Waals surface area contributed by atoms with Crippen molar-refractivity contribution in [3.8, 4) is 0 Å². The summed E-state index contributed by atoms with van der Waals surface area (Å²) < 4.78 is 0. The lowest BCUT2D eigenvalue weighted by Gasteiger charge is -2.32. The molecule has 3 rings (SSSR count). The van der Waals surface area contributed by atoms with E-state index in [-0.39, 0.29) is 11.5 Å². The van der Waals surface area contributed by atoms with Gasteiger partial charge < -0.3 is 15.5 Å². The zero-order chi connectivity index (χ0) is 15.2. The van der Waals surface area contributed by atoms with Gasteiger partial charge in [-0.1, -0.05) is 25.2 Å². The molecular weight excluding hydrogens is 280 g/mol. The molecule has 2 N–H and O–H groups in total. The van der Waals surface area contributed by atoms with E-state index < -0.39 is 0 Å². The molecule has 1 aromatic rings. The van der Waals surface area contributed by atoms with E-state index in [4.69, 9.17) is 10.7 Å². The number of hydrogen-bond acceptors (Lipinski definition) is 5. The largest absolute Gasteiger partial charge is 0.344 e. The number of hydrogen-bond donors (Lipinski definition) is 1. The first-order chi connectivity index (χ1) is 9.85. The van der Waals surface area contributed by atoms with Crippen LogP contribution in [0.1, 0.15) is 50.2 Å². The Balaban J connectivity index is 1.87. The highest BCUT2D eigenvalue weighted by atomic mass is 32.1. The lowest BCUT2D eigenvalue weighted by Crippen LogP contribution is -2.37. The van der Waals surface area contributed by atoms with Crippen LogP contribution in [0, 0.1) is 5.41 Å². The maximum atomic E-state index is 6.40. The third-order valence-corrected chi connectivity index (χ3v) is 6.03. The quantitative estimate of drug-likeness (QED) is 0.866. The average molecular weight is 308 g/mol. The number of anilines is 1. The minimum Gasteiger partial charge on any atom is -0.344 e. The topological polar surface area (TPSA) is 45.4 Å². The number of aromatic nitrogens is 1. The van der Waals surface area contributed by atoms with Crippen molar-refractivity contribution in [2.24, 2.45) is 11.1 Å². The molecule has 1 fully saturated rings. The van der Waals surface area contributed by atoms with Gasteiger partial charge in [-0.15, -0.1) is 0 Å². The average Bonchev–Trinajstić information content (AvgIpc) is 2.68. The van der Waals surface area contributed by atoms with Crippen LogP contribution in [0.2, 0.25) is 0 Å². The summed E-state index contributed by atoms with van der Waals surface area (Å²) in [5, 5.41) is 1.19. The molecule has 0 amide bonds. The fraction of sp³-hybridized carbons (Fsp3) is 0.812. The lowest BCUT2D eigenvalue weighted by molar-refractivity contribution is 0.282. The zero-order valence-electron chi connectivity index (χ0n) is 13.7. The third-order valence-electron chi connectivity index (χ3n) is 4.76. The second kappa shape index (κ2) is 5.52. The summed E-state index contributed by atoms with van der Waals surface area (Å²) in [5.74, 6) is 0. The Labute approximate surface area is 132 Å². The Kier molecular flexibility index (Phi) is 4.01. The van der Waals surface area contributed by atoms with Crippen LogP contribution in [0.5, 0.6) is 0 Å². The van der Waals surface area contributed by atoms with Gasteiger partial charge >= 0.3 is 0 Å². The highest BCUT2D eigenvalue weighted by molar-refractivity contribution is 7.15. The van der Waals surface area contributed by atoms with Gasteiger partial charge in [0.15, 0.2) is 5.13 Å². The van der Waals surface area contributed by atoms with Gasteiger partial charge in [0.2, 0.25) is 0 Å². The molecule has 0 bridgehead atoms. The highest BCUT2D eigenvalue weighted by Crippen LogP contribution is 2.44. The van der Waals surface area contributed by atoms with E-state index in [1.54, 1.807) is 0 Å². The first-order valence-electron chi connectivity index (χ1n) is 8.06. The van der Waals surface area contributed by atoms with Crippen molar-refractivity contribution in [2.45, 2.75) is 52.1 Å². The predicted molar refractivity (Wildman–Crippen MR) is 90.1 cm³/mol. The van der Waals surface area contributed by atoms with Crippen LogP contribution >= 0.6 is 11.3 Å². The maximum absolute atomic E-state index is 6.40. The van der Waals surface area contributed by atoms with Gasteiger partial charge in [0, 0.05) is 30.1 Å². The molecular formula is C16H28N4S. The molecule has 1 aliphatic heterocycles. The molecule has 2 aliphatic rings. The van der Waals surface area contributed by atoms with Gasteiger partial charge in [-0.3, -0.25) is 0 Å². The Hall–Kier alpha value is -0.650. The normalized spacial score (nSPS) is 30.0. The molecule has 1 saturated heterocycles. The summed E-state index contributed by atoms with van der Waals surface area (Å²) >= 11 is 1.84. The highest BCUT2D eigenvalue weighted by Gasteiger charge is 2.34. The second-order valence-corrected chi connectivity index (χ2v) is 8.63. The van der Waals surface area contributed by atoms with Gasteiger partial charge in [-0.2, -0.15) is 0 Å². The number of likely N-dealkylation sites (N-methyl/N-ethyl adjacent to an activating group) is 1. The molecule has 2 heterocycles. The van der Waals surface area contributed by atoms with Crippen LogP contribution in [-0.2, 0) is 6.42 Å². The Morgan fingerprint density at radius 2 is 2.10 bits per heavy atom. The van der Waals surface area contributed by atoms with Crippen molar-refractivity contribution < 1.29 is 0 Å². The van der Waals surface area contributed by atoms with Crippen LogP contribution in [0.25, 0.3) is 0 Å². The number of nitrogens with two attached hydrogens (primary N) is 1. The van der Waals surface area contributed by atoms with E-state index in [9.17, 15) is 0 Å². The van der Waals surface area contributed by atoms with Crippen molar-refractivity contribution >= 4 is 16.5 Å². The summed E-state index contributed by atoms with van der Waals surface area (Å²) in [6.45, 7) is 10.3. The maximum Gasteiger partial charge on any atom is 0.186 e. The Morgan fingerprint density at radius 3 is 2.86 bits per heavy atom. The van der Waals surface area contributed by atoms with E-state index >= 15 is 0 Å². The molecule has 118 valence electrons. The SMILES string of the molecule is CC1CN(C)CCCN1c1nc2c(s1)C(N)CC(C)(C)C2. The monoisotopic (exact) mass is 308 g/mol. The molecule has 1 aliphatic carbocycles. The molecule has 0 spiro atoms. The summed E-state index contributed by atoms with van der Waals surface area (Å²) in [5.41, 5.74) is 7.93. The van der Waals surface area contributed by atoms with Gasteiger partial charge in [0.25, 0.3) is 0 Å². The van der Waals surface area contributed by atoms with Crippen molar-refractivity contribution in [1.82, 2.24) is 9.88 Å². The lowest BCUT2D eigenvalue weighted by atomic mass is 9.77. The Morgan fingerprint density at radius 1 is 1.33 bits per heavy atom. The number of fused-ring (bicyclic) bond motifs is 1. The molecule has 0 radical (unpaired) electrons. The second-order valence-electron chi connectivity index (χ2n) is 7.62. The predicted octanol–water partition coefficient (Wildman–Crippen LogP) is 2.65. The summed E-state index contributed by atoms with van der Waals surface area (Å²) in [7, 11) is 2.21. The van der Waals surface area contributed by atoms with Crippen LogP contribution < -0.4 is 10.6 Å². The van der Waals surface area contributed by atoms with Gasteiger partial charge in [-0.05, 0) is 45.2 Å². The van der Waals surface area contributed by atoms with E-state index in [0.717, 1.165) is 25.9 Å². The fourth-order valence-electron chi connectivity index (χ4n) is 3.76. The third kappa shape index (κ3) is 3.10. The van der Waals surface area contributed by atoms with E-state index in [0.29, 0.717) is 6.04 Å². The van der Waals surface area contributed by atoms with Crippen LogP contribution in [0.4, 0.5) is 5.13 Å². The van der Waals surface area contributed by atoms with Crippen molar-refractivity contribution in [3.63, 3.8) is 0 Å². The van der Waals surface area contributed by atoms with Crippen LogP contribution in [0.3, 0.4) is 0 Å². The summed E-state index contributed by atoms with van der Waals surface area (Å²) in [6.07, 6.45) is 3.34. The number of rotatable bonds is 1. The van der Waals surface area contributed by atoms with Crippen molar-refractivity contribution in [2.75, 3.05) is 31.6 Å². The minimum atomic E-state index is 0.167. The standard InChI is InChI=1S/C16H28N4S/c1-11-10-19(4)6-5-7-20(11)15-18-13-9-16(2,3)8-12(17)14(13)21-15/h11-12H,5-10,17H2,1-4H3. The zero-order valence-corrected chi connectivity index (χ0v) is 14.5. The van der Waals surface area contributed by atoms with Crippen molar-refractivity contribution in [3.05, 3.63) is 10.6 Å². The van der Waals surface area contributed by atoms with E-state index in [2.05, 4.69) is 37.6 Å². The molecule has 2 atom stereocenters. The van der Waals surface area contributed by atoms with E-state index in [1.165, 1.54) is 28.7 Å². The molecule has 4 nitrogen and oxygen atoms in total. The van der Waals surface area contributed by atoms with E-state index in [1.807, 2.05) is 11.3 Å². The molecule has 5 heteroatoms. The Bertz CT molecular complexity index is 510. The van der Waals surface area contributed by atoms with Gasteiger partial charge in [0.05, 0.1) is 5.69 Å². The number of nitrogens with zero attached hydrogens (tertiary/aromatic N) is 3. The molecule has 0 aromatic carbocycles. The molecule has 2 unspecified atom stereocenters. The summed E-state index contributed by atoms with van der Waals surface area (Å²) in [4.78, 5) is 11.2. The fourth-order valence-corrected chi connectivity index (χ4v) is 4.97. The first kappa shape index (κ1) is 15.3. The summed E-state index contributed by atoms with van der Waals surface area (Å²) in [6, 6.07) is 0.689. The van der Waals surface area contributed by atoms with Crippen LogP contribution in [-0.4, -0.2) is 42.6 Å². The minimum absolute atomic E-state index is 0.167. The van der Waals surface area contributed by atoms with Gasteiger partial charge in [-0.25, -0.2) is 4.98 Å². The van der Waals surface area contributed by atoms with Crippen molar-refractivity contribution in [1.29, 1.82) is 0 Å². The van der Waals surface area contributed by atoms with Crippen LogP contribution in [0.15, 0.2) is 0 Å². The molecule has 0 saturated carbocycles. The molecule has 1 aromatic heterocycles. The molecule has 21 heavy (non-hydrogen) atoms. The smallest absolute Gasteiger partial charge is 0.186 e. The first-order valence-corrected chi connectivity index (χ1v) is 8.88. The number of thiazole rings is 1.